The smallest absolute Gasteiger partial charge is 0.410 e. The number of ether oxygens (including phenoxy) is 2. The lowest BCUT2D eigenvalue weighted by Crippen LogP contribution is -2.55. The summed E-state index contributed by atoms with van der Waals surface area (Å²) in [6, 6.07) is 7.59. The van der Waals surface area contributed by atoms with Crippen LogP contribution in [0.4, 0.5) is 14.9 Å². The molecule has 1 amide bonds. The summed E-state index contributed by atoms with van der Waals surface area (Å²) >= 11 is 6.21. The monoisotopic (exact) mass is 530 g/mol. The van der Waals surface area contributed by atoms with E-state index in [1.807, 2.05) is 11.8 Å². The van der Waals surface area contributed by atoms with Crippen molar-refractivity contribution in [3.63, 3.8) is 0 Å². The molecule has 37 heavy (non-hydrogen) atoms. The highest BCUT2D eigenvalue weighted by atomic mass is 35.5. The third-order valence-electron chi connectivity index (χ3n) is 6.11. The molecule has 0 spiro atoms. The Kier molecular flexibility index (Phi) is 7.14. The van der Waals surface area contributed by atoms with Crippen LogP contribution in [-0.2, 0) is 9.47 Å². The number of esters is 1. The molecule has 1 aliphatic rings. The number of aromatic nitrogens is 2. The fraction of sp³-hybridized carbons (Fsp3) is 0.385. The van der Waals surface area contributed by atoms with Gasteiger partial charge in [0.2, 0.25) is 0 Å². The molecular formula is C26H28ClFN4O5. The lowest BCUT2D eigenvalue weighted by Gasteiger charge is -2.41. The van der Waals surface area contributed by atoms with E-state index in [9.17, 15) is 14.4 Å². The van der Waals surface area contributed by atoms with Crippen LogP contribution in [0.25, 0.3) is 16.8 Å². The Bertz CT molecular complexity index is 1380. The van der Waals surface area contributed by atoms with E-state index in [4.69, 9.17) is 21.1 Å². The van der Waals surface area contributed by atoms with E-state index in [0.717, 1.165) is 0 Å². The Morgan fingerprint density at radius 1 is 1.19 bits per heavy atom. The molecule has 196 valence electrons. The molecule has 1 fully saturated rings. The van der Waals surface area contributed by atoms with E-state index in [2.05, 4.69) is 5.10 Å². The largest absolute Gasteiger partial charge is 0.464 e. The molecule has 0 aliphatic carbocycles. The Morgan fingerprint density at radius 3 is 2.54 bits per heavy atom. The normalized spacial score (nSPS) is 16.1. The van der Waals surface area contributed by atoms with Gasteiger partial charge in [0.05, 0.1) is 34.6 Å². The van der Waals surface area contributed by atoms with Crippen LogP contribution in [0.1, 0.15) is 48.5 Å². The first-order valence-electron chi connectivity index (χ1n) is 11.7. The fourth-order valence-corrected chi connectivity index (χ4v) is 4.62. The van der Waals surface area contributed by atoms with Gasteiger partial charge in [-0.2, -0.15) is 5.10 Å². The number of carbonyl (C=O) groups excluding carboxylic acids is 3. The summed E-state index contributed by atoms with van der Waals surface area (Å²) in [4.78, 5) is 40.2. The number of nitrogens with zero attached hydrogens (tertiary/aromatic N) is 4. The number of aldehydes is 1. The summed E-state index contributed by atoms with van der Waals surface area (Å²) < 4.78 is 27.2. The minimum Gasteiger partial charge on any atom is -0.464 e. The quantitative estimate of drug-likeness (QED) is 0.352. The predicted octanol–water partition coefficient (Wildman–Crippen LogP) is 4.84. The first kappa shape index (κ1) is 26.4. The number of carbonyl (C=O) groups is 3. The van der Waals surface area contributed by atoms with Crippen LogP contribution < -0.4 is 4.90 Å². The van der Waals surface area contributed by atoms with Gasteiger partial charge in [-0.3, -0.25) is 4.79 Å². The van der Waals surface area contributed by atoms with E-state index >= 15 is 4.39 Å². The minimum absolute atomic E-state index is 0.0915. The summed E-state index contributed by atoms with van der Waals surface area (Å²) in [6.45, 7) is 8.45. The van der Waals surface area contributed by atoms with Gasteiger partial charge in [-0.1, -0.05) is 11.6 Å². The van der Waals surface area contributed by atoms with Gasteiger partial charge < -0.3 is 19.3 Å². The van der Waals surface area contributed by atoms with Crippen molar-refractivity contribution < 1.29 is 28.2 Å². The van der Waals surface area contributed by atoms with Gasteiger partial charge in [0.15, 0.2) is 12.0 Å². The average molecular weight is 531 g/mol. The van der Waals surface area contributed by atoms with Gasteiger partial charge in [-0.25, -0.2) is 18.5 Å². The Hall–Kier alpha value is -3.66. The van der Waals surface area contributed by atoms with Crippen LogP contribution in [0.5, 0.6) is 0 Å². The molecule has 1 aromatic carbocycles. The second kappa shape index (κ2) is 10.0. The molecule has 11 heteroatoms. The molecule has 4 rings (SSSR count). The van der Waals surface area contributed by atoms with Gasteiger partial charge in [-0.15, -0.1) is 0 Å². The summed E-state index contributed by atoms with van der Waals surface area (Å²) in [5.74, 6) is -1.38. The number of benzene rings is 1. The summed E-state index contributed by atoms with van der Waals surface area (Å²) in [6.07, 6.45) is 0.0685. The Morgan fingerprint density at radius 2 is 1.92 bits per heavy atom. The SMILES string of the molecule is COC(=O)c1cc(Cl)c2ccc(-c3ccc(N4CCN(C(=O)OC(C)(C)C)C(C)C4)c(C=O)c3F)nn12. The van der Waals surface area contributed by atoms with E-state index in [1.54, 1.807) is 49.9 Å². The molecule has 1 unspecified atom stereocenters. The Labute approximate surface area is 218 Å². The minimum atomic E-state index is -0.737. The van der Waals surface area contributed by atoms with Crippen LogP contribution in [0.2, 0.25) is 5.02 Å². The summed E-state index contributed by atoms with van der Waals surface area (Å²) in [5, 5.41) is 4.68. The first-order chi connectivity index (χ1) is 17.4. The third-order valence-corrected chi connectivity index (χ3v) is 6.42. The number of anilines is 1. The predicted molar refractivity (Wildman–Crippen MR) is 137 cm³/mol. The highest BCUT2D eigenvalue weighted by Gasteiger charge is 2.32. The molecule has 0 bridgehead atoms. The number of piperazine rings is 1. The van der Waals surface area contributed by atoms with Crippen molar-refractivity contribution in [3.8, 4) is 11.3 Å². The lowest BCUT2D eigenvalue weighted by molar-refractivity contribution is 0.0158. The number of rotatable bonds is 4. The van der Waals surface area contributed by atoms with Gasteiger partial charge in [0.25, 0.3) is 0 Å². The van der Waals surface area contributed by atoms with Crippen molar-refractivity contribution in [2.24, 2.45) is 0 Å². The van der Waals surface area contributed by atoms with Gasteiger partial charge >= 0.3 is 12.1 Å². The molecule has 2 aromatic heterocycles. The number of methoxy groups -OCH3 is 1. The zero-order valence-electron chi connectivity index (χ0n) is 21.2. The van der Waals surface area contributed by atoms with Crippen molar-refractivity contribution in [1.82, 2.24) is 14.5 Å². The number of halogens is 2. The lowest BCUT2D eigenvalue weighted by atomic mass is 10.0. The number of amides is 1. The molecule has 0 saturated carbocycles. The molecule has 1 saturated heterocycles. The molecule has 1 aliphatic heterocycles. The fourth-order valence-electron chi connectivity index (χ4n) is 4.37. The molecule has 0 N–H and O–H groups in total. The Balaban J connectivity index is 1.65. The average Bonchev–Trinajstić information content (AvgIpc) is 3.17. The maximum atomic E-state index is 15.7. The van der Waals surface area contributed by atoms with E-state index in [0.29, 0.717) is 42.1 Å². The van der Waals surface area contributed by atoms with Crippen molar-refractivity contribution in [2.45, 2.75) is 39.3 Å². The van der Waals surface area contributed by atoms with Gasteiger partial charge in [0.1, 0.15) is 11.4 Å². The molecule has 0 radical (unpaired) electrons. The van der Waals surface area contributed by atoms with Crippen molar-refractivity contribution in [1.29, 1.82) is 0 Å². The topological polar surface area (TPSA) is 93.5 Å². The second-order valence-corrected chi connectivity index (χ2v) is 10.2. The van der Waals surface area contributed by atoms with Crippen LogP contribution >= 0.6 is 11.6 Å². The van der Waals surface area contributed by atoms with Crippen LogP contribution in [-0.4, -0.2) is 71.2 Å². The summed E-state index contributed by atoms with van der Waals surface area (Å²) in [7, 11) is 1.24. The second-order valence-electron chi connectivity index (χ2n) is 9.83. The van der Waals surface area contributed by atoms with E-state index in [-0.39, 0.29) is 28.6 Å². The van der Waals surface area contributed by atoms with E-state index < -0.39 is 23.5 Å². The zero-order chi connectivity index (χ0) is 27.1. The third kappa shape index (κ3) is 5.11. The highest BCUT2D eigenvalue weighted by Crippen LogP contribution is 2.32. The molecular weight excluding hydrogens is 503 g/mol. The van der Waals surface area contributed by atoms with Crippen molar-refractivity contribution >= 4 is 41.2 Å². The number of hydrogen-bond donors (Lipinski definition) is 0. The zero-order valence-corrected chi connectivity index (χ0v) is 22.0. The number of hydrogen-bond acceptors (Lipinski definition) is 7. The van der Waals surface area contributed by atoms with Crippen molar-refractivity contribution in [3.05, 3.63) is 52.4 Å². The van der Waals surface area contributed by atoms with E-state index in [1.165, 1.54) is 17.7 Å². The summed E-state index contributed by atoms with van der Waals surface area (Å²) in [5.41, 5.74) is 0.541. The molecule has 9 nitrogen and oxygen atoms in total. The number of fused-ring (bicyclic) bond motifs is 1. The maximum Gasteiger partial charge on any atom is 0.410 e. The van der Waals surface area contributed by atoms with Crippen LogP contribution in [0.3, 0.4) is 0 Å². The molecule has 3 heterocycles. The van der Waals surface area contributed by atoms with Gasteiger partial charge in [0, 0.05) is 31.2 Å². The first-order valence-corrected chi connectivity index (χ1v) is 12.1. The molecule has 1 atom stereocenters. The standard InChI is InChI=1S/C26H28ClFN4O5/c1-15-13-30(10-11-31(15)25(35)37-26(2,3)4)20-8-6-16(23(28)17(20)14-33)19-7-9-21-18(27)12-22(24(34)36-5)32(21)29-19/h6-9,12,14-15H,10-11,13H2,1-5H3. The van der Waals surface area contributed by atoms with Crippen LogP contribution in [0.15, 0.2) is 30.3 Å². The van der Waals surface area contributed by atoms with Gasteiger partial charge in [-0.05, 0) is 58.0 Å². The highest BCUT2D eigenvalue weighted by molar-refractivity contribution is 6.34. The molecule has 3 aromatic rings. The van der Waals surface area contributed by atoms with Crippen LogP contribution in [0, 0.1) is 5.82 Å². The maximum absolute atomic E-state index is 15.7. The van der Waals surface area contributed by atoms with Crippen molar-refractivity contribution in [2.75, 3.05) is 31.6 Å².